The first kappa shape index (κ1) is 14.3. The van der Waals surface area contributed by atoms with Crippen LogP contribution in [0.15, 0.2) is 18.2 Å². The summed E-state index contributed by atoms with van der Waals surface area (Å²) in [5, 5.41) is 12.3. The lowest BCUT2D eigenvalue weighted by Gasteiger charge is -2.33. The number of carbonyl (C=O) groups is 1. The second kappa shape index (κ2) is 5.27. The van der Waals surface area contributed by atoms with E-state index >= 15 is 0 Å². The molecule has 0 spiro atoms. The Morgan fingerprint density at radius 1 is 1.44 bits per heavy atom. The smallest absolute Gasteiger partial charge is 0.337 e. The molecule has 0 fully saturated rings. The van der Waals surface area contributed by atoms with Crippen molar-refractivity contribution < 1.29 is 9.90 Å². The van der Waals surface area contributed by atoms with Crippen LogP contribution >= 0.6 is 0 Å². The van der Waals surface area contributed by atoms with E-state index in [0.717, 1.165) is 0 Å². The van der Waals surface area contributed by atoms with Crippen molar-refractivity contribution in [2.75, 3.05) is 31.7 Å². The van der Waals surface area contributed by atoms with Crippen molar-refractivity contribution >= 4 is 17.3 Å². The van der Waals surface area contributed by atoms with Crippen molar-refractivity contribution in [3.8, 4) is 0 Å². The molecule has 0 radical (unpaired) electrons. The Hall–Kier alpha value is -1.75. The van der Waals surface area contributed by atoms with Crippen LogP contribution in [0.4, 0.5) is 11.4 Å². The van der Waals surface area contributed by atoms with Crippen LogP contribution in [-0.4, -0.2) is 42.2 Å². The summed E-state index contributed by atoms with van der Waals surface area (Å²) >= 11 is 0. The average molecular weight is 251 g/mol. The molecule has 0 amide bonds. The van der Waals surface area contributed by atoms with Crippen LogP contribution in [0.25, 0.3) is 0 Å². The SMILES string of the molecule is CN(C)C(C)(C)CNc1ccc(N)cc1C(=O)O. The summed E-state index contributed by atoms with van der Waals surface area (Å²) in [6.07, 6.45) is 0. The summed E-state index contributed by atoms with van der Waals surface area (Å²) in [6.45, 7) is 4.81. The number of anilines is 2. The molecule has 1 aromatic rings. The highest BCUT2D eigenvalue weighted by molar-refractivity contribution is 5.95. The Kier molecular flexibility index (Phi) is 4.19. The van der Waals surface area contributed by atoms with Gasteiger partial charge in [0.1, 0.15) is 0 Å². The normalized spacial score (nSPS) is 11.6. The molecule has 5 nitrogen and oxygen atoms in total. The third-order valence-electron chi connectivity index (χ3n) is 3.20. The third-order valence-corrected chi connectivity index (χ3v) is 3.20. The number of hydrogen-bond donors (Lipinski definition) is 3. The molecule has 1 rings (SSSR count). The molecule has 0 saturated carbocycles. The number of aromatic carboxylic acids is 1. The first-order chi connectivity index (χ1) is 8.24. The van der Waals surface area contributed by atoms with Crippen LogP contribution in [0.1, 0.15) is 24.2 Å². The Bertz CT molecular complexity index is 442. The molecule has 0 saturated heterocycles. The second-order valence-corrected chi connectivity index (χ2v) is 5.17. The Balaban J connectivity index is 2.89. The zero-order valence-electron chi connectivity index (χ0n) is 11.3. The first-order valence-corrected chi connectivity index (χ1v) is 5.78. The second-order valence-electron chi connectivity index (χ2n) is 5.17. The van der Waals surface area contributed by atoms with Gasteiger partial charge in [-0.1, -0.05) is 0 Å². The van der Waals surface area contributed by atoms with Gasteiger partial charge < -0.3 is 21.1 Å². The predicted octanol–water partition coefficient (Wildman–Crippen LogP) is 1.72. The molecule has 100 valence electrons. The third kappa shape index (κ3) is 3.37. The molecule has 0 aliphatic carbocycles. The largest absolute Gasteiger partial charge is 0.478 e. The Morgan fingerprint density at radius 3 is 2.56 bits per heavy atom. The molecule has 4 N–H and O–H groups in total. The first-order valence-electron chi connectivity index (χ1n) is 5.78. The van der Waals surface area contributed by atoms with E-state index in [0.29, 0.717) is 17.9 Å². The quantitative estimate of drug-likeness (QED) is 0.694. The molecule has 0 atom stereocenters. The van der Waals surface area contributed by atoms with E-state index in [-0.39, 0.29) is 11.1 Å². The summed E-state index contributed by atoms with van der Waals surface area (Å²) in [6, 6.07) is 4.86. The van der Waals surface area contributed by atoms with Crippen molar-refractivity contribution in [3.05, 3.63) is 23.8 Å². The lowest BCUT2D eigenvalue weighted by molar-refractivity contribution is 0.0698. The van der Waals surface area contributed by atoms with Crippen molar-refractivity contribution in [1.82, 2.24) is 4.90 Å². The van der Waals surface area contributed by atoms with Gasteiger partial charge in [-0.05, 0) is 46.1 Å². The predicted molar refractivity (Wildman–Crippen MR) is 74.1 cm³/mol. The van der Waals surface area contributed by atoms with Crippen LogP contribution in [0.2, 0.25) is 0 Å². The molecule has 18 heavy (non-hydrogen) atoms. The van der Waals surface area contributed by atoms with E-state index in [2.05, 4.69) is 24.1 Å². The number of rotatable bonds is 5. The molecular formula is C13H21N3O2. The van der Waals surface area contributed by atoms with Gasteiger partial charge in [0, 0.05) is 23.5 Å². The zero-order chi connectivity index (χ0) is 13.9. The highest BCUT2D eigenvalue weighted by atomic mass is 16.4. The minimum absolute atomic E-state index is 0.0723. The van der Waals surface area contributed by atoms with Gasteiger partial charge in [-0.3, -0.25) is 0 Å². The van der Waals surface area contributed by atoms with Crippen LogP contribution < -0.4 is 11.1 Å². The topological polar surface area (TPSA) is 78.6 Å². The maximum atomic E-state index is 11.1. The van der Waals surface area contributed by atoms with Gasteiger partial charge in [0.25, 0.3) is 0 Å². The number of carboxylic acid groups (broad SMARTS) is 1. The standard InChI is InChI=1S/C13H21N3O2/c1-13(2,16(3)4)8-15-11-6-5-9(14)7-10(11)12(17)18/h5-7,15H,8,14H2,1-4H3,(H,17,18). The fourth-order valence-electron chi connectivity index (χ4n) is 1.36. The van der Waals surface area contributed by atoms with Gasteiger partial charge in [0.2, 0.25) is 0 Å². The number of nitrogens with zero attached hydrogens (tertiary/aromatic N) is 1. The maximum Gasteiger partial charge on any atom is 0.337 e. The number of nitrogens with two attached hydrogens (primary N) is 1. The van der Waals surface area contributed by atoms with Crippen LogP contribution in [0.5, 0.6) is 0 Å². The summed E-state index contributed by atoms with van der Waals surface area (Å²) in [5.41, 5.74) is 6.76. The van der Waals surface area contributed by atoms with E-state index in [1.165, 1.54) is 6.07 Å². The summed E-state index contributed by atoms with van der Waals surface area (Å²) in [4.78, 5) is 13.2. The van der Waals surface area contributed by atoms with E-state index in [1.54, 1.807) is 12.1 Å². The summed E-state index contributed by atoms with van der Waals surface area (Å²) in [5.74, 6) is -0.979. The van der Waals surface area contributed by atoms with Crippen LogP contribution in [0.3, 0.4) is 0 Å². The maximum absolute atomic E-state index is 11.1. The number of nitrogen functional groups attached to an aromatic ring is 1. The fourth-order valence-corrected chi connectivity index (χ4v) is 1.36. The summed E-state index contributed by atoms with van der Waals surface area (Å²) in [7, 11) is 3.98. The van der Waals surface area contributed by atoms with Gasteiger partial charge in [0.05, 0.1) is 5.56 Å². The molecule has 0 bridgehead atoms. The van der Waals surface area contributed by atoms with Crippen LogP contribution in [0, 0.1) is 0 Å². The van der Waals surface area contributed by atoms with Gasteiger partial charge in [-0.2, -0.15) is 0 Å². The molecule has 5 heteroatoms. The van der Waals surface area contributed by atoms with E-state index < -0.39 is 5.97 Å². The zero-order valence-corrected chi connectivity index (χ0v) is 11.3. The van der Waals surface area contributed by atoms with Gasteiger partial charge in [-0.15, -0.1) is 0 Å². The molecule has 1 aromatic carbocycles. The van der Waals surface area contributed by atoms with Crippen molar-refractivity contribution in [3.63, 3.8) is 0 Å². The molecule has 0 unspecified atom stereocenters. The average Bonchev–Trinajstić information content (AvgIpc) is 2.27. The number of hydrogen-bond acceptors (Lipinski definition) is 4. The lowest BCUT2D eigenvalue weighted by atomic mass is 10.0. The van der Waals surface area contributed by atoms with Gasteiger partial charge in [0.15, 0.2) is 0 Å². The Labute approximate surface area is 108 Å². The van der Waals surface area contributed by atoms with E-state index in [9.17, 15) is 4.79 Å². The molecule has 0 heterocycles. The monoisotopic (exact) mass is 251 g/mol. The number of benzene rings is 1. The van der Waals surface area contributed by atoms with Crippen molar-refractivity contribution in [2.24, 2.45) is 0 Å². The van der Waals surface area contributed by atoms with E-state index in [1.807, 2.05) is 14.1 Å². The number of nitrogens with one attached hydrogen (secondary N) is 1. The van der Waals surface area contributed by atoms with Crippen molar-refractivity contribution in [2.45, 2.75) is 19.4 Å². The molecular weight excluding hydrogens is 230 g/mol. The number of carboxylic acids is 1. The number of likely N-dealkylation sites (N-methyl/N-ethyl adjacent to an activating group) is 1. The fraction of sp³-hybridized carbons (Fsp3) is 0.462. The molecule has 0 aliphatic rings. The highest BCUT2D eigenvalue weighted by Gasteiger charge is 2.21. The minimum atomic E-state index is -0.979. The highest BCUT2D eigenvalue weighted by Crippen LogP contribution is 2.20. The Morgan fingerprint density at radius 2 is 2.06 bits per heavy atom. The van der Waals surface area contributed by atoms with Crippen molar-refractivity contribution in [1.29, 1.82) is 0 Å². The molecule has 0 aliphatic heterocycles. The molecule has 0 aromatic heterocycles. The van der Waals surface area contributed by atoms with E-state index in [4.69, 9.17) is 10.8 Å². The van der Waals surface area contributed by atoms with Gasteiger partial charge >= 0.3 is 5.97 Å². The van der Waals surface area contributed by atoms with Gasteiger partial charge in [-0.25, -0.2) is 4.79 Å². The lowest BCUT2D eigenvalue weighted by Crippen LogP contribution is -2.44. The summed E-state index contributed by atoms with van der Waals surface area (Å²) < 4.78 is 0. The minimum Gasteiger partial charge on any atom is -0.478 e. The van der Waals surface area contributed by atoms with Crippen LogP contribution in [-0.2, 0) is 0 Å².